The summed E-state index contributed by atoms with van der Waals surface area (Å²) in [6.45, 7) is 5.83. The van der Waals surface area contributed by atoms with Gasteiger partial charge in [-0.05, 0) is 68.4 Å². The first-order valence-corrected chi connectivity index (χ1v) is 8.89. The molecule has 0 aliphatic carbocycles. The summed E-state index contributed by atoms with van der Waals surface area (Å²) in [7, 11) is 0. The molecule has 0 aliphatic rings. The van der Waals surface area contributed by atoms with Gasteiger partial charge in [-0.25, -0.2) is 0 Å². The van der Waals surface area contributed by atoms with Gasteiger partial charge in [-0.3, -0.25) is 14.9 Å². The molecule has 0 fully saturated rings. The molecule has 3 N–H and O–H groups in total. The number of thiocarbonyl (C=S) groups is 1. The van der Waals surface area contributed by atoms with E-state index >= 15 is 0 Å². The Bertz CT molecular complexity index is 816. The summed E-state index contributed by atoms with van der Waals surface area (Å²) < 4.78 is 0. The molecule has 0 heterocycles. The van der Waals surface area contributed by atoms with E-state index in [1.54, 1.807) is 30.3 Å². The largest absolute Gasteiger partial charge is 0.332 e. The molecule has 0 spiro atoms. The summed E-state index contributed by atoms with van der Waals surface area (Å²) >= 11 is 5.21. The van der Waals surface area contributed by atoms with E-state index < -0.39 is 0 Å². The third-order valence-corrected chi connectivity index (χ3v) is 3.96. The fourth-order valence-electron chi connectivity index (χ4n) is 2.49. The number of nitrogens with one attached hydrogen (secondary N) is 3. The van der Waals surface area contributed by atoms with E-state index in [4.69, 9.17) is 12.2 Å². The smallest absolute Gasteiger partial charge is 0.257 e. The van der Waals surface area contributed by atoms with Crippen LogP contribution in [0.2, 0.25) is 0 Å². The molecular formula is C20H23N3O2S. The minimum Gasteiger partial charge on any atom is -0.332 e. The molecule has 136 valence electrons. The molecule has 0 radical (unpaired) electrons. The van der Waals surface area contributed by atoms with Gasteiger partial charge < -0.3 is 10.6 Å². The van der Waals surface area contributed by atoms with Crippen molar-refractivity contribution < 1.29 is 9.59 Å². The van der Waals surface area contributed by atoms with Gasteiger partial charge in [0.1, 0.15) is 0 Å². The van der Waals surface area contributed by atoms with Gasteiger partial charge in [-0.2, -0.15) is 0 Å². The zero-order valence-corrected chi connectivity index (χ0v) is 16.0. The molecule has 0 unspecified atom stereocenters. The first-order valence-electron chi connectivity index (χ1n) is 8.48. The summed E-state index contributed by atoms with van der Waals surface area (Å²) in [5.41, 5.74) is 4.04. The molecule has 5 nitrogen and oxygen atoms in total. The Balaban J connectivity index is 1.93. The van der Waals surface area contributed by atoms with Crippen molar-refractivity contribution in [1.29, 1.82) is 0 Å². The average Bonchev–Trinajstić information content (AvgIpc) is 2.56. The number of carbonyl (C=O) groups excluding carboxylic acids is 2. The highest BCUT2D eigenvalue weighted by Gasteiger charge is 2.11. The first-order chi connectivity index (χ1) is 12.4. The van der Waals surface area contributed by atoms with Crippen molar-refractivity contribution in [2.24, 2.45) is 0 Å². The SMILES string of the molecule is CCCC(=O)Nc1ccc(NC(=S)NC(=O)c2ccc(C)cc2C)cc1. The van der Waals surface area contributed by atoms with Crippen molar-refractivity contribution in [1.82, 2.24) is 5.32 Å². The lowest BCUT2D eigenvalue weighted by Gasteiger charge is -2.12. The number of anilines is 2. The van der Waals surface area contributed by atoms with Gasteiger partial charge in [0.2, 0.25) is 5.91 Å². The van der Waals surface area contributed by atoms with E-state index in [-0.39, 0.29) is 16.9 Å². The molecule has 2 rings (SSSR count). The Morgan fingerprint density at radius 3 is 2.15 bits per heavy atom. The summed E-state index contributed by atoms with van der Waals surface area (Å²) in [6.07, 6.45) is 1.30. The fraction of sp³-hybridized carbons (Fsp3) is 0.250. The summed E-state index contributed by atoms with van der Waals surface area (Å²) in [4.78, 5) is 23.9. The van der Waals surface area contributed by atoms with Crippen molar-refractivity contribution in [2.75, 3.05) is 10.6 Å². The lowest BCUT2D eigenvalue weighted by atomic mass is 10.1. The number of hydrogen-bond donors (Lipinski definition) is 3. The van der Waals surface area contributed by atoms with E-state index in [0.717, 1.165) is 28.9 Å². The van der Waals surface area contributed by atoms with Crippen LogP contribution in [0, 0.1) is 13.8 Å². The Kier molecular flexibility index (Phi) is 6.86. The second-order valence-electron chi connectivity index (χ2n) is 6.10. The quantitative estimate of drug-likeness (QED) is 0.692. The monoisotopic (exact) mass is 369 g/mol. The van der Waals surface area contributed by atoms with Crippen molar-refractivity contribution in [3.8, 4) is 0 Å². The maximum absolute atomic E-state index is 12.3. The molecule has 6 heteroatoms. The molecule has 2 aromatic carbocycles. The highest BCUT2D eigenvalue weighted by atomic mass is 32.1. The minimum absolute atomic E-state index is 0.00976. The maximum atomic E-state index is 12.3. The number of aryl methyl sites for hydroxylation is 2. The standard InChI is InChI=1S/C20H23N3O2S/c1-4-5-18(24)21-15-7-9-16(10-8-15)22-20(26)23-19(25)17-11-6-13(2)12-14(17)3/h6-12H,4-5H2,1-3H3,(H,21,24)(H2,22,23,25,26). The predicted molar refractivity (Wildman–Crippen MR) is 110 cm³/mol. The van der Waals surface area contributed by atoms with E-state index in [9.17, 15) is 9.59 Å². The van der Waals surface area contributed by atoms with Crippen molar-refractivity contribution in [2.45, 2.75) is 33.6 Å². The number of benzene rings is 2. The molecule has 0 atom stereocenters. The third kappa shape index (κ3) is 5.67. The number of rotatable bonds is 5. The van der Waals surface area contributed by atoms with Crippen LogP contribution in [0.15, 0.2) is 42.5 Å². The van der Waals surface area contributed by atoms with Gasteiger partial charge in [-0.1, -0.05) is 24.6 Å². The molecule has 2 amide bonds. The zero-order chi connectivity index (χ0) is 19.1. The summed E-state index contributed by atoms with van der Waals surface area (Å²) in [5.74, 6) is -0.257. The third-order valence-electron chi connectivity index (χ3n) is 3.76. The number of hydrogen-bond acceptors (Lipinski definition) is 3. The van der Waals surface area contributed by atoms with E-state index in [0.29, 0.717) is 12.0 Å². The highest BCUT2D eigenvalue weighted by molar-refractivity contribution is 7.80. The van der Waals surface area contributed by atoms with Crippen LogP contribution in [0.1, 0.15) is 41.3 Å². The van der Waals surface area contributed by atoms with Crippen LogP contribution in [0.3, 0.4) is 0 Å². The molecule has 0 saturated heterocycles. The van der Waals surface area contributed by atoms with E-state index in [1.165, 1.54) is 0 Å². The molecule has 26 heavy (non-hydrogen) atoms. The van der Waals surface area contributed by atoms with Crippen molar-refractivity contribution in [3.63, 3.8) is 0 Å². The normalized spacial score (nSPS) is 10.1. The van der Waals surface area contributed by atoms with Crippen LogP contribution in [0.25, 0.3) is 0 Å². The van der Waals surface area contributed by atoms with E-state index in [2.05, 4.69) is 16.0 Å². The molecule has 0 aromatic heterocycles. The first kappa shape index (κ1) is 19.6. The number of carbonyl (C=O) groups is 2. The zero-order valence-electron chi connectivity index (χ0n) is 15.2. The van der Waals surface area contributed by atoms with Gasteiger partial charge in [0.15, 0.2) is 5.11 Å². The van der Waals surface area contributed by atoms with Crippen molar-refractivity contribution in [3.05, 3.63) is 59.2 Å². The van der Waals surface area contributed by atoms with Crippen LogP contribution in [-0.2, 0) is 4.79 Å². The van der Waals surface area contributed by atoms with Gasteiger partial charge in [0.05, 0.1) is 0 Å². The topological polar surface area (TPSA) is 70.2 Å². The molecule has 0 aliphatic heterocycles. The van der Waals surface area contributed by atoms with Crippen molar-refractivity contribution >= 4 is 40.5 Å². The van der Waals surface area contributed by atoms with Gasteiger partial charge in [0, 0.05) is 23.4 Å². The Hall–Kier alpha value is -2.73. The molecule has 0 bridgehead atoms. The predicted octanol–water partition coefficient (Wildman–Crippen LogP) is 4.17. The van der Waals surface area contributed by atoms with Crippen LogP contribution in [-0.4, -0.2) is 16.9 Å². The average molecular weight is 369 g/mol. The van der Waals surface area contributed by atoms with Crippen LogP contribution < -0.4 is 16.0 Å². The second kappa shape index (κ2) is 9.10. The Morgan fingerprint density at radius 1 is 0.962 bits per heavy atom. The van der Waals surface area contributed by atoms with E-state index in [1.807, 2.05) is 32.9 Å². The van der Waals surface area contributed by atoms with Crippen LogP contribution in [0.4, 0.5) is 11.4 Å². The number of amides is 2. The van der Waals surface area contributed by atoms with Gasteiger partial charge in [0.25, 0.3) is 5.91 Å². The summed E-state index contributed by atoms with van der Waals surface area (Å²) in [6, 6.07) is 12.8. The molecular weight excluding hydrogens is 346 g/mol. The lowest BCUT2D eigenvalue weighted by Crippen LogP contribution is -2.34. The molecule has 0 saturated carbocycles. The van der Waals surface area contributed by atoms with Crippen LogP contribution in [0.5, 0.6) is 0 Å². The minimum atomic E-state index is -0.247. The Labute approximate surface area is 159 Å². The van der Waals surface area contributed by atoms with Gasteiger partial charge in [-0.15, -0.1) is 0 Å². The Morgan fingerprint density at radius 2 is 1.58 bits per heavy atom. The highest BCUT2D eigenvalue weighted by Crippen LogP contribution is 2.14. The molecule has 2 aromatic rings. The second-order valence-corrected chi connectivity index (χ2v) is 6.51. The maximum Gasteiger partial charge on any atom is 0.257 e. The fourth-order valence-corrected chi connectivity index (χ4v) is 2.70. The van der Waals surface area contributed by atoms with Crippen LogP contribution >= 0.6 is 12.2 Å². The van der Waals surface area contributed by atoms with Gasteiger partial charge >= 0.3 is 0 Å². The lowest BCUT2D eigenvalue weighted by molar-refractivity contribution is -0.116. The summed E-state index contributed by atoms with van der Waals surface area (Å²) in [5, 5.41) is 8.68.